The molecule has 1 aromatic carbocycles. The van der Waals surface area contributed by atoms with Crippen LogP contribution in [0, 0.1) is 5.82 Å². The van der Waals surface area contributed by atoms with Crippen LogP contribution < -0.4 is 5.73 Å². The first-order valence-corrected chi connectivity index (χ1v) is 6.48. The number of nitrogens with two attached hydrogens (primary N) is 1. The van der Waals surface area contributed by atoms with Gasteiger partial charge in [-0.05, 0) is 25.1 Å². The molecule has 2 N–H and O–H groups in total. The van der Waals surface area contributed by atoms with Gasteiger partial charge in [0.25, 0.3) is 5.91 Å². The van der Waals surface area contributed by atoms with Gasteiger partial charge in [-0.25, -0.2) is 4.39 Å². The third-order valence-electron chi connectivity index (χ3n) is 2.73. The number of nitrogens with zero attached hydrogens (tertiary/aromatic N) is 1. The van der Waals surface area contributed by atoms with Crippen molar-refractivity contribution in [2.24, 2.45) is 0 Å². The van der Waals surface area contributed by atoms with Gasteiger partial charge in [-0.15, -0.1) is 0 Å². The van der Waals surface area contributed by atoms with E-state index in [0.29, 0.717) is 0 Å². The summed E-state index contributed by atoms with van der Waals surface area (Å²) in [6, 6.07) is 3.76. The number of amides is 1. The monoisotopic (exact) mass is 298 g/mol. The number of hydrogen-bond acceptors (Lipinski definition) is 5. The fourth-order valence-electron chi connectivity index (χ4n) is 1.66. The highest BCUT2D eigenvalue weighted by atomic mass is 19.1. The van der Waals surface area contributed by atoms with Crippen LogP contribution in [-0.2, 0) is 14.3 Å². The van der Waals surface area contributed by atoms with Crippen LogP contribution >= 0.6 is 0 Å². The Morgan fingerprint density at radius 3 is 2.67 bits per heavy atom. The van der Waals surface area contributed by atoms with Gasteiger partial charge in [-0.3, -0.25) is 9.59 Å². The Balaban J connectivity index is 2.87. The van der Waals surface area contributed by atoms with Gasteiger partial charge in [-0.1, -0.05) is 0 Å². The first-order chi connectivity index (χ1) is 9.99. The molecule has 0 aliphatic carbocycles. The lowest BCUT2D eigenvalue weighted by molar-refractivity contribution is -0.143. The van der Waals surface area contributed by atoms with E-state index in [4.69, 9.17) is 15.2 Å². The summed E-state index contributed by atoms with van der Waals surface area (Å²) < 4.78 is 23.1. The van der Waals surface area contributed by atoms with Crippen LogP contribution in [0.25, 0.3) is 0 Å². The Bertz CT molecular complexity index is 508. The number of methoxy groups -OCH3 is 1. The van der Waals surface area contributed by atoms with Gasteiger partial charge in [0.05, 0.1) is 18.9 Å². The van der Waals surface area contributed by atoms with Crippen molar-refractivity contribution in [3.05, 3.63) is 29.6 Å². The van der Waals surface area contributed by atoms with Gasteiger partial charge in [0.1, 0.15) is 12.4 Å². The number of carbonyl (C=O) groups excluding carboxylic acids is 2. The summed E-state index contributed by atoms with van der Waals surface area (Å²) in [5.74, 6) is -1.69. The minimum absolute atomic E-state index is 0.0413. The molecule has 0 radical (unpaired) electrons. The molecular weight excluding hydrogens is 279 g/mol. The molecule has 0 atom stereocenters. The Labute approximate surface area is 122 Å². The number of anilines is 1. The fourth-order valence-corrected chi connectivity index (χ4v) is 1.66. The molecule has 0 aliphatic heterocycles. The average molecular weight is 298 g/mol. The molecule has 116 valence electrons. The molecule has 0 fully saturated rings. The molecule has 0 heterocycles. The molecule has 1 aromatic rings. The summed E-state index contributed by atoms with van der Waals surface area (Å²) in [6.07, 6.45) is 0. The Hall–Kier alpha value is -2.15. The van der Waals surface area contributed by atoms with Crippen LogP contribution in [0.4, 0.5) is 10.1 Å². The highest BCUT2D eigenvalue weighted by molar-refractivity contribution is 5.96. The molecule has 1 amide bonds. The predicted octanol–water partition coefficient (Wildman–Crippen LogP) is 1.06. The lowest BCUT2D eigenvalue weighted by Gasteiger charge is -2.21. The largest absolute Gasteiger partial charge is 0.465 e. The summed E-state index contributed by atoms with van der Waals surface area (Å²) >= 11 is 0. The molecule has 1 rings (SSSR count). The highest BCUT2D eigenvalue weighted by Crippen LogP contribution is 2.14. The topological polar surface area (TPSA) is 81.9 Å². The van der Waals surface area contributed by atoms with Crippen LogP contribution in [-0.4, -0.2) is 50.2 Å². The molecule has 0 saturated carbocycles. The molecular formula is C14H19FN2O4. The van der Waals surface area contributed by atoms with Crippen molar-refractivity contribution in [1.29, 1.82) is 0 Å². The maximum atomic E-state index is 13.4. The van der Waals surface area contributed by atoms with Crippen molar-refractivity contribution in [3.63, 3.8) is 0 Å². The maximum Gasteiger partial charge on any atom is 0.325 e. The lowest BCUT2D eigenvalue weighted by atomic mass is 10.1. The first-order valence-electron chi connectivity index (χ1n) is 6.48. The molecule has 7 heteroatoms. The van der Waals surface area contributed by atoms with Gasteiger partial charge in [-0.2, -0.15) is 0 Å². The van der Waals surface area contributed by atoms with Crippen molar-refractivity contribution in [2.75, 3.05) is 39.1 Å². The standard InChI is InChI=1S/C14H19FN2O4/c1-3-21-13(18)9-17(6-7-20-2)14(19)10-4-5-12(16)11(15)8-10/h4-5,8H,3,6-7,9,16H2,1-2H3. The summed E-state index contributed by atoms with van der Waals surface area (Å²) in [5, 5.41) is 0. The Morgan fingerprint density at radius 1 is 1.38 bits per heavy atom. The zero-order valence-corrected chi connectivity index (χ0v) is 12.1. The molecule has 6 nitrogen and oxygen atoms in total. The summed E-state index contributed by atoms with van der Waals surface area (Å²) in [7, 11) is 1.48. The van der Waals surface area contributed by atoms with Crippen molar-refractivity contribution < 1.29 is 23.5 Å². The number of halogens is 1. The average Bonchev–Trinajstić information content (AvgIpc) is 2.46. The van der Waals surface area contributed by atoms with Gasteiger partial charge in [0.2, 0.25) is 0 Å². The van der Waals surface area contributed by atoms with Gasteiger partial charge < -0.3 is 20.1 Å². The number of nitrogen functional groups attached to an aromatic ring is 1. The zero-order valence-electron chi connectivity index (χ0n) is 12.1. The number of esters is 1. The van der Waals surface area contributed by atoms with Crippen molar-refractivity contribution in [3.8, 4) is 0 Å². The van der Waals surface area contributed by atoms with Crippen LogP contribution in [0.2, 0.25) is 0 Å². The third kappa shape index (κ3) is 5.03. The quantitative estimate of drug-likeness (QED) is 0.601. The summed E-state index contributed by atoms with van der Waals surface area (Å²) in [5.41, 5.74) is 5.44. The zero-order chi connectivity index (χ0) is 15.8. The molecule has 21 heavy (non-hydrogen) atoms. The predicted molar refractivity (Wildman–Crippen MR) is 75.2 cm³/mol. The van der Waals surface area contributed by atoms with E-state index in [2.05, 4.69) is 0 Å². The van der Waals surface area contributed by atoms with E-state index in [1.165, 1.54) is 24.1 Å². The van der Waals surface area contributed by atoms with Crippen molar-refractivity contribution in [2.45, 2.75) is 6.92 Å². The van der Waals surface area contributed by atoms with Gasteiger partial charge in [0.15, 0.2) is 0 Å². The van der Waals surface area contributed by atoms with E-state index in [1.807, 2.05) is 0 Å². The summed E-state index contributed by atoms with van der Waals surface area (Å²) in [6.45, 7) is 2.13. The minimum Gasteiger partial charge on any atom is -0.465 e. The number of hydrogen-bond donors (Lipinski definition) is 1. The van der Waals surface area contributed by atoms with E-state index < -0.39 is 17.7 Å². The van der Waals surface area contributed by atoms with E-state index in [1.54, 1.807) is 6.92 Å². The second-order valence-electron chi connectivity index (χ2n) is 4.26. The highest BCUT2D eigenvalue weighted by Gasteiger charge is 2.20. The van der Waals surface area contributed by atoms with Crippen LogP contribution in [0.1, 0.15) is 17.3 Å². The second kappa shape index (κ2) is 8.21. The van der Waals surface area contributed by atoms with Crippen LogP contribution in [0.15, 0.2) is 18.2 Å². The Morgan fingerprint density at radius 2 is 2.10 bits per heavy atom. The number of rotatable bonds is 7. The first kappa shape index (κ1) is 16.9. The molecule has 0 unspecified atom stereocenters. The lowest BCUT2D eigenvalue weighted by Crippen LogP contribution is -2.38. The van der Waals surface area contributed by atoms with Crippen molar-refractivity contribution in [1.82, 2.24) is 4.90 Å². The van der Waals surface area contributed by atoms with Crippen LogP contribution in [0.3, 0.4) is 0 Å². The van der Waals surface area contributed by atoms with E-state index in [0.717, 1.165) is 6.07 Å². The van der Waals surface area contributed by atoms with Crippen molar-refractivity contribution >= 4 is 17.6 Å². The maximum absolute atomic E-state index is 13.4. The van der Waals surface area contributed by atoms with Gasteiger partial charge in [0, 0.05) is 19.2 Å². The second-order valence-corrected chi connectivity index (χ2v) is 4.26. The van der Waals surface area contributed by atoms with E-state index in [-0.39, 0.29) is 37.6 Å². The molecule has 0 saturated heterocycles. The minimum atomic E-state index is -0.677. The normalized spacial score (nSPS) is 10.2. The summed E-state index contributed by atoms with van der Waals surface area (Å²) in [4.78, 5) is 25.1. The van der Waals surface area contributed by atoms with E-state index in [9.17, 15) is 14.0 Å². The number of benzene rings is 1. The smallest absolute Gasteiger partial charge is 0.325 e. The number of ether oxygens (including phenoxy) is 2. The molecule has 0 spiro atoms. The molecule has 0 aliphatic rings. The van der Waals surface area contributed by atoms with Gasteiger partial charge >= 0.3 is 5.97 Å². The Kier molecular flexibility index (Phi) is 6.61. The van der Waals surface area contributed by atoms with Crippen LogP contribution in [0.5, 0.6) is 0 Å². The molecule has 0 aromatic heterocycles. The fraction of sp³-hybridized carbons (Fsp3) is 0.429. The third-order valence-corrected chi connectivity index (χ3v) is 2.73. The van der Waals surface area contributed by atoms with E-state index >= 15 is 0 Å². The molecule has 0 bridgehead atoms. The number of carbonyl (C=O) groups is 2. The SMILES string of the molecule is CCOC(=O)CN(CCOC)C(=O)c1ccc(N)c(F)c1.